The van der Waals surface area contributed by atoms with Gasteiger partial charge in [0.15, 0.2) is 0 Å². The molecule has 0 aromatic carbocycles. The van der Waals surface area contributed by atoms with Crippen LogP contribution in [0.3, 0.4) is 0 Å². The van der Waals surface area contributed by atoms with E-state index in [-0.39, 0.29) is 5.56 Å². The predicted molar refractivity (Wildman–Crippen MR) is 76.8 cm³/mol. The summed E-state index contributed by atoms with van der Waals surface area (Å²) in [6, 6.07) is 7.43. The Kier molecular flexibility index (Phi) is 2.95. The van der Waals surface area contributed by atoms with Crippen LogP contribution in [0.1, 0.15) is 5.69 Å². The lowest BCUT2D eigenvalue weighted by molar-refractivity contribution is 0.768. The lowest BCUT2D eigenvalue weighted by Gasteiger charge is -2.07. The summed E-state index contributed by atoms with van der Waals surface area (Å²) in [5.74, 6) is 0. The van der Waals surface area contributed by atoms with Crippen molar-refractivity contribution in [3.05, 3.63) is 65.1 Å². The van der Waals surface area contributed by atoms with Gasteiger partial charge in [0, 0.05) is 30.7 Å². The van der Waals surface area contributed by atoms with Crippen LogP contribution in [-0.4, -0.2) is 19.3 Å². The molecule has 3 aromatic rings. The van der Waals surface area contributed by atoms with Crippen LogP contribution in [0.4, 0.5) is 0 Å². The molecule has 0 saturated heterocycles. The van der Waals surface area contributed by atoms with E-state index in [9.17, 15) is 4.79 Å². The maximum Gasteiger partial charge on any atom is 0.263 e. The zero-order valence-corrected chi connectivity index (χ0v) is 11.3. The molecule has 0 fully saturated rings. The van der Waals surface area contributed by atoms with E-state index in [1.54, 1.807) is 33.9 Å². The van der Waals surface area contributed by atoms with Gasteiger partial charge in [0.25, 0.3) is 5.56 Å². The molecule has 5 nitrogen and oxygen atoms in total. The standard InChI is InChI=1S/C15H14N4O/c1-11-5-6-13(9-16-11)19-7-3-4-14(15(19)20)12-8-17-18(2)10-12/h3-10H,1-2H3. The van der Waals surface area contributed by atoms with E-state index in [2.05, 4.69) is 10.1 Å². The quantitative estimate of drug-likeness (QED) is 0.712. The second-order valence-electron chi connectivity index (χ2n) is 4.66. The van der Waals surface area contributed by atoms with Gasteiger partial charge in [-0.15, -0.1) is 0 Å². The van der Waals surface area contributed by atoms with Crippen LogP contribution < -0.4 is 5.56 Å². The van der Waals surface area contributed by atoms with Gasteiger partial charge in [-0.2, -0.15) is 5.10 Å². The molecule has 0 spiro atoms. The van der Waals surface area contributed by atoms with Gasteiger partial charge in [-0.1, -0.05) is 0 Å². The Morgan fingerprint density at radius 3 is 2.65 bits per heavy atom. The van der Waals surface area contributed by atoms with Crippen LogP contribution in [0.5, 0.6) is 0 Å². The van der Waals surface area contributed by atoms with Crippen LogP contribution >= 0.6 is 0 Å². The third-order valence-corrected chi connectivity index (χ3v) is 3.14. The fourth-order valence-electron chi connectivity index (χ4n) is 2.08. The van der Waals surface area contributed by atoms with Crippen molar-refractivity contribution in [1.29, 1.82) is 0 Å². The number of aromatic nitrogens is 4. The molecule has 100 valence electrons. The van der Waals surface area contributed by atoms with Crippen molar-refractivity contribution in [3.63, 3.8) is 0 Å². The first-order valence-corrected chi connectivity index (χ1v) is 6.29. The topological polar surface area (TPSA) is 52.7 Å². The molecule has 0 amide bonds. The van der Waals surface area contributed by atoms with E-state index in [1.165, 1.54) is 0 Å². The highest BCUT2D eigenvalue weighted by molar-refractivity contribution is 5.61. The molecule has 20 heavy (non-hydrogen) atoms. The lowest BCUT2D eigenvalue weighted by Crippen LogP contribution is -2.19. The van der Waals surface area contributed by atoms with Gasteiger partial charge in [0.2, 0.25) is 0 Å². The number of aryl methyl sites for hydroxylation is 2. The summed E-state index contributed by atoms with van der Waals surface area (Å²) in [6.07, 6.45) is 6.96. The van der Waals surface area contributed by atoms with Crippen LogP contribution in [0.2, 0.25) is 0 Å². The van der Waals surface area contributed by atoms with E-state index < -0.39 is 0 Å². The van der Waals surface area contributed by atoms with Gasteiger partial charge >= 0.3 is 0 Å². The highest BCUT2D eigenvalue weighted by Crippen LogP contribution is 2.14. The molecule has 3 heterocycles. The first-order chi connectivity index (χ1) is 9.65. The fraction of sp³-hybridized carbons (Fsp3) is 0.133. The molecule has 3 rings (SSSR count). The highest BCUT2D eigenvalue weighted by atomic mass is 16.1. The summed E-state index contributed by atoms with van der Waals surface area (Å²) < 4.78 is 3.27. The van der Waals surface area contributed by atoms with E-state index in [1.807, 2.05) is 38.4 Å². The van der Waals surface area contributed by atoms with Crippen LogP contribution in [-0.2, 0) is 7.05 Å². The van der Waals surface area contributed by atoms with Crippen molar-refractivity contribution in [2.24, 2.45) is 7.05 Å². The van der Waals surface area contributed by atoms with Crippen molar-refractivity contribution in [2.45, 2.75) is 6.92 Å². The summed E-state index contributed by atoms with van der Waals surface area (Å²) in [5.41, 5.74) is 3.04. The van der Waals surface area contributed by atoms with Crippen molar-refractivity contribution in [2.75, 3.05) is 0 Å². The van der Waals surface area contributed by atoms with Crippen LogP contribution in [0, 0.1) is 6.92 Å². The Balaban J connectivity index is 2.15. The summed E-state index contributed by atoms with van der Waals surface area (Å²) in [7, 11) is 1.83. The molecule has 0 saturated carbocycles. The predicted octanol–water partition coefficient (Wildman–Crippen LogP) is 1.94. The maximum atomic E-state index is 12.6. The zero-order chi connectivity index (χ0) is 14.1. The minimum atomic E-state index is -0.0776. The second-order valence-corrected chi connectivity index (χ2v) is 4.66. The summed E-state index contributed by atoms with van der Waals surface area (Å²) in [4.78, 5) is 16.8. The smallest absolute Gasteiger partial charge is 0.263 e. The van der Waals surface area contributed by atoms with Gasteiger partial charge in [-0.25, -0.2) is 0 Å². The van der Waals surface area contributed by atoms with Crippen molar-refractivity contribution in [3.8, 4) is 16.8 Å². The number of pyridine rings is 2. The Hall–Kier alpha value is -2.69. The average Bonchev–Trinajstić information content (AvgIpc) is 2.87. The summed E-state index contributed by atoms with van der Waals surface area (Å²) in [6.45, 7) is 1.92. The molecule has 0 unspecified atom stereocenters. The maximum absolute atomic E-state index is 12.6. The fourth-order valence-corrected chi connectivity index (χ4v) is 2.08. The van der Waals surface area contributed by atoms with E-state index >= 15 is 0 Å². The third kappa shape index (κ3) is 2.14. The number of rotatable bonds is 2. The highest BCUT2D eigenvalue weighted by Gasteiger charge is 2.08. The Morgan fingerprint density at radius 2 is 2.00 bits per heavy atom. The number of nitrogens with zero attached hydrogens (tertiary/aromatic N) is 4. The minimum Gasteiger partial charge on any atom is -0.282 e. The van der Waals surface area contributed by atoms with Crippen molar-refractivity contribution < 1.29 is 0 Å². The zero-order valence-electron chi connectivity index (χ0n) is 11.3. The number of hydrogen-bond acceptors (Lipinski definition) is 3. The van der Waals surface area contributed by atoms with Gasteiger partial charge in [0.1, 0.15) is 0 Å². The molecule has 0 aliphatic heterocycles. The molecule has 5 heteroatoms. The Bertz CT molecular complexity index is 799. The molecule has 3 aromatic heterocycles. The SMILES string of the molecule is Cc1ccc(-n2cccc(-c3cnn(C)c3)c2=O)cn1. The molecular weight excluding hydrogens is 252 g/mol. The molecule has 0 atom stereocenters. The largest absolute Gasteiger partial charge is 0.282 e. The van der Waals surface area contributed by atoms with Crippen LogP contribution in [0.15, 0.2) is 53.8 Å². The summed E-state index contributed by atoms with van der Waals surface area (Å²) >= 11 is 0. The third-order valence-electron chi connectivity index (χ3n) is 3.14. The molecule has 0 aliphatic carbocycles. The minimum absolute atomic E-state index is 0.0776. The van der Waals surface area contributed by atoms with Gasteiger partial charge < -0.3 is 0 Å². The Morgan fingerprint density at radius 1 is 1.15 bits per heavy atom. The van der Waals surface area contributed by atoms with Gasteiger partial charge in [-0.05, 0) is 31.2 Å². The summed E-state index contributed by atoms with van der Waals surface area (Å²) in [5, 5.41) is 4.10. The molecule has 0 aliphatic rings. The average molecular weight is 266 g/mol. The molecule has 0 bridgehead atoms. The Labute approximate surface area is 116 Å². The number of hydrogen-bond donors (Lipinski definition) is 0. The van der Waals surface area contributed by atoms with Crippen molar-refractivity contribution >= 4 is 0 Å². The first-order valence-electron chi connectivity index (χ1n) is 6.29. The monoisotopic (exact) mass is 266 g/mol. The first kappa shape index (κ1) is 12.3. The second kappa shape index (κ2) is 4.77. The van der Waals surface area contributed by atoms with Gasteiger partial charge in [-0.3, -0.25) is 19.0 Å². The van der Waals surface area contributed by atoms with E-state index in [4.69, 9.17) is 0 Å². The van der Waals surface area contributed by atoms with Gasteiger partial charge in [0.05, 0.1) is 23.6 Å². The molecular formula is C15H14N4O. The van der Waals surface area contributed by atoms with Crippen molar-refractivity contribution in [1.82, 2.24) is 19.3 Å². The van der Waals surface area contributed by atoms with E-state index in [0.29, 0.717) is 5.56 Å². The molecule has 0 N–H and O–H groups in total. The van der Waals surface area contributed by atoms with Crippen LogP contribution in [0.25, 0.3) is 16.8 Å². The lowest BCUT2D eigenvalue weighted by atomic mass is 10.1. The normalized spacial score (nSPS) is 10.7. The molecule has 0 radical (unpaired) electrons. The van der Waals surface area contributed by atoms with E-state index in [0.717, 1.165) is 16.9 Å².